The fourth-order valence-electron chi connectivity index (χ4n) is 1.44. The summed E-state index contributed by atoms with van der Waals surface area (Å²) in [7, 11) is 3.48. The molecule has 0 spiro atoms. The standard InChI is InChI=1S/C13H20N2O3/c1-14-9-11-4-3-5-12(8-11)18-10-13(16)15-6-7-17-2/h3-5,8,14H,6-7,9-10H2,1-2H3,(H,15,16). The van der Waals surface area contributed by atoms with Crippen molar-refractivity contribution >= 4 is 5.91 Å². The van der Waals surface area contributed by atoms with Gasteiger partial charge in [0.25, 0.3) is 5.91 Å². The number of carbonyl (C=O) groups is 1. The number of rotatable bonds is 8. The SMILES string of the molecule is CNCc1cccc(OCC(=O)NCCOC)c1. The number of nitrogens with one attached hydrogen (secondary N) is 2. The highest BCUT2D eigenvalue weighted by Crippen LogP contribution is 2.12. The van der Waals surface area contributed by atoms with Crippen molar-refractivity contribution in [2.24, 2.45) is 0 Å². The third-order valence-corrected chi connectivity index (χ3v) is 2.28. The Labute approximate surface area is 107 Å². The van der Waals surface area contributed by atoms with Gasteiger partial charge in [-0.3, -0.25) is 4.79 Å². The monoisotopic (exact) mass is 252 g/mol. The first-order valence-electron chi connectivity index (χ1n) is 5.88. The summed E-state index contributed by atoms with van der Waals surface area (Å²) >= 11 is 0. The molecule has 5 nitrogen and oxygen atoms in total. The van der Waals surface area contributed by atoms with Crippen molar-refractivity contribution in [1.82, 2.24) is 10.6 Å². The molecular formula is C13H20N2O3. The Morgan fingerprint density at radius 1 is 1.39 bits per heavy atom. The van der Waals surface area contributed by atoms with Crippen LogP contribution in [0.3, 0.4) is 0 Å². The van der Waals surface area contributed by atoms with Gasteiger partial charge in [0.2, 0.25) is 0 Å². The zero-order valence-corrected chi connectivity index (χ0v) is 10.9. The topological polar surface area (TPSA) is 59.6 Å². The molecule has 2 N–H and O–H groups in total. The van der Waals surface area contributed by atoms with Crippen LogP contribution in [0.5, 0.6) is 5.75 Å². The molecule has 1 aromatic rings. The zero-order chi connectivity index (χ0) is 13.2. The van der Waals surface area contributed by atoms with Gasteiger partial charge < -0.3 is 20.1 Å². The number of methoxy groups -OCH3 is 1. The summed E-state index contributed by atoms with van der Waals surface area (Å²) in [6.07, 6.45) is 0. The average molecular weight is 252 g/mol. The molecule has 100 valence electrons. The Kier molecular flexibility index (Phi) is 6.83. The van der Waals surface area contributed by atoms with Crippen molar-refractivity contribution in [2.75, 3.05) is 33.9 Å². The van der Waals surface area contributed by atoms with E-state index in [9.17, 15) is 4.79 Å². The van der Waals surface area contributed by atoms with Crippen LogP contribution >= 0.6 is 0 Å². The predicted octanol–water partition coefficient (Wildman–Crippen LogP) is 0.547. The molecule has 1 rings (SSSR count). The van der Waals surface area contributed by atoms with Crippen LogP contribution in [-0.2, 0) is 16.1 Å². The van der Waals surface area contributed by atoms with Crippen LogP contribution in [0.2, 0.25) is 0 Å². The summed E-state index contributed by atoms with van der Waals surface area (Å²) in [5, 5.41) is 5.75. The lowest BCUT2D eigenvalue weighted by Crippen LogP contribution is -2.31. The number of hydrogen-bond acceptors (Lipinski definition) is 4. The fraction of sp³-hybridized carbons (Fsp3) is 0.462. The van der Waals surface area contributed by atoms with E-state index in [1.807, 2.05) is 31.3 Å². The minimum atomic E-state index is -0.147. The molecule has 18 heavy (non-hydrogen) atoms. The molecule has 0 atom stereocenters. The van der Waals surface area contributed by atoms with E-state index in [-0.39, 0.29) is 12.5 Å². The highest BCUT2D eigenvalue weighted by Gasteiger charge is 2.02. The van der Waals surface area contributed by atoms with E-state index in [0.29, 0.717) is 18.9 Å². The number of amides is 1. The van der Waals surface area contributed by atoms with Gasteiger partial charge in [0.15, 0.2) is 6.61 Å². The number of ether oxygens (including phenoxy) is 2. The summed E-state index contributed by atoms with van der Waals surface area (Å²) in [6, 6.07) is 7.66. The molecule has 0 saturated heterocycles. The Balaban J connectivity index is 2.33. The highest BCUT2D eigenvalue weighted by molar-refractivity contribution is 5.77. The van der Waals surface area contributed by atoms with E-state index in [1.165, 1.54) is 0 Å². The molecule has 0 heterocycles. The molecule has 0 radical (unpaired) electrons. The van der Waals surface area contributed by atoms with E-state index >= 15 is 0 Å². The molecule has 5 heteroatoms. The van der Waals surface area contributed by atoms with Crippen LogP contribution in [0.1, 0.15) is 5.56 Å². The zero-order valence-electron chi connectivity index (χ0n) is 10.9. The van der Waals surface area contributed by atoms with E-state index in [0.717, 1.165) is 12.1 Å². The van der Waals surface area contributed by atoms with Crippen molar-refractivity contribution in [1.29, 1.82) is 0 Å². The second-order valence-corrected chi connectivity index (χ2v) is 3.81. The number of carbonyl (C=O) groups excluding carboxylic acids is 1. The van der Waals surface area contributed by atoms with Crippen molar-refractivity contribution in [2.45, 2.75) is 6.54 Å². The highest BCUT2D eigenvalue weighted by atomic mass is 16.5. The van der Waals surface area contributed by atoms with Gasteiger partial charge in [0.1, 0.15) is 5.75 Å². The summed E-state index contributed by atoms with van der Waals surface area (Å²) in [4.78, 5) is 11.4. The van der Waals surface area contributed by atoms with E-state index in [2.05, 4.69) is 10.6 Å². The van der Waals surface area contributed by atoms with Crippen LogP contribution in [0, 0.1) is 0 Å². The first-order valence-corrected chi connectivity index (χ1v) is 5.88. The van der Waals surface area contributed by atoms with E-state index in [4.69, 9.17) is 9.47 Å². The molecule has 0 fully saturated rings. The minimum absolute atomic E-state index is 0.0206. The van der Waals surface area contributed by atoms with E-state index in [1.54, 1.807) is 7.11 Å². The van der Waals surface area contributed by atoms with Crippen LogP contribution < -0.4 is 15.4 Å². The average Bonchev–Trinajstić information content (AvgIpc) is 2.38. The first-order chi connectivity index (χ1) is 8.76. The van der Waals surface area contributed by atoms with Gasteiger partial charge in [-0.2, -0.15) is 0 Å². The lowest BCUT2D eigenvalue weighted by Gasteiger charge is -2.08. The van der Waals surface area contributed by atoms with Crippen LogP contribution in [-0.4, -0.2) is 39.8 Å². The van der Waals surface area contributed by atoms with Crippen molar-refractivity contribution in [3.63, 3.8) is 0 Å². The molecule has 0 saturated carbocycles. The van der Waals surface area contributed by atoms with Crippen LogP contribution in [0.4, 0.5) is 0 Å². The van der Waals surface area contributed by atoms with E-state index < -0.39 is 0 Å². The van der Waals surface area contributed by atoms with Crippen LogP contribution in [0.25, 0.3) is 0 Å². The minimum Gasteiger partial charge on any atom is -0.484 e. The third-order valence-electron chi connectivity index (χ3n) is 2.28. The maximum Gasteiger partial charge on any atom is 0.258 e. The van der Waals surface area contributed by atoms with Gasteiger partial charge in [-0.25, -0.2) is 0 Å². The summed E-state index contributed by atoms with van der Waals surface area (Å²) < 4.78 is 10.2. The van der Waals surface area contributed by atoms with Gasteiger partial charge in [-0.15, -0.1) is 0 Å². The summed E-state index contributed by atoms with van der Waals surface area (Å²) in [5.74, 6) is 0.552. The Hall–Kier alpha value is -1.59. The number of benzene rings is 1. The molecule has 0 aromatic heterocycles. The van der Waals surface area contributed by atoms with Gasteiger partial charge in [0, 0.05) is 20.2 Å². The van der Waals surface area contributed by atoms with Gasteiger partial charge >= 0.3 is 0 Å². The van der Waals surface area contributed by atoms with Gasteiger partial charge in [-0.1, -0.05) is 12.1 Å². The van der Waals surface area contributed by atoms with Crippen molar-refractivity contribution in [3.8, 4) is 5.75 Å². The van der Waals surface area contributed by atoms with Gasteiger partial charge in [-0.05, 0) is 24.7 Å². The lowest BCUT2D eigenvalue weighted by molar-refractivity contribution is -0.123. The molecule has 0 aliphatic heterocycles. The number of hydrogen-bond donors (Lipinski definition) is 2. The van der Waals surface area contributed by atoms with Gasteiger partial charge in [0.05, 0.1) is 6.61 Å². The fourth-order valence-corrected chi connectivity index (χ4v) is 1.44. The predicted molar refractivity (Wildman–Crippen MR) is 69.6 cm³/mol. The van der Waals surface area contributed by atoms with Crippen LogP contribution in [0.15, 0.2) is 24.3 Å². The quantitative estimate of drug-likeness (QED) is 0.663. The second kappa shape index (κ2) is 8.49. The second-order valence-electron chi connectivity index (χ2n) is 3.81. The maximum atomic E-state index is 11.4. The maximum absolute atomic E-state index is 11.4. The molecule has 1 amide bonds. The first kappa shape index (κ1) is 14.5. The summed E-state index contributed by atoms with van der Waals surface area (Å²) in [5.41, 5.74) is 1.12. The molecule has 0 aliphatic rings. The third kappa shape index (κ3) is 5.65. The Bertz CT molecular complexity index is 369. The molecule has 0 unspecified atom stereocenters. The summed E-state index contributed by atoms with van der Waals surface area (Å²) in [6.45, 7) is 1.80. The largest absolute Gasteiger partial charge is 0.484 e. The smallest absolute Gasteiger partial charge is 0.258 e. The normalized spacial score (nSPS) is 10.1. The van der Waals surface area contributed by atoms with Crippen molar-refractivity contribution < 1.29 is 14.3 Å². The molecular weight excluding hydrogens is 232 g/mol. The lowest BCUT2D eigenvalue weighted by atomic mass is 10.2. The van der Waals surface area contributed by atoms with Crippen molar-refractivity contribution in [3.05, 3.63) is 29.8 Å². The molecule has 0 bridgehead atoms. The Morgan fingerprint density at radius 3 is 2.94 bits per heavy atom. The molecule has 1 aromatic carbocycles. The molecule has 0 aliphatic carbocycles. The Morgan fingerprint density at radius 2 is 2.22 bits per heavy atom.